The van der Waals surface area contributed by atoms with Crippen molar-refractivity contribution >= 4 is 11.8 Å². The lowest BCUT2D eigenvalue weighted by Crippen LogP contribution is -2.29. The van der Waals surface area contributed by atoms with Crippen LogP contribution in [0.2, 0.25) is 0 Å². The molecule has 0 fully saturated rings. The van der Waals surface area contributed by atoms with Crippen molar-refractivity contribution < 1.29 is 19.1 Å². The molecule has 0 amide bonds. The van der Waals surface area contributed by atoms with Crippen LogP contribution in [0.15, 0.2) is 48.5 Å². The lowest BCUT2D eigenvalue weighted by molar-refractivity contribution is -0.141. The number of Topliss-reactive ketones (excluding diaryl/α,β-unsaturated/α-hetero) is 1. The van der Waals surface area contributed by atoms with Crippen molar-refractivity contribution in [1.29, 1.82) is 0 Å². The summed E-state index contributed by atoms with van der Waals surface area (Å²) in [4.78, 5) is 23.3. The Balaban J connectivity index is 1.66. The second-order valence-corrected chi connectivity index (χ2v) is 4.92. The minimum atomic E-state index is -0.616. The zero-order chi connectivity index (χ0) is 14.8. The Kier molecular flexibility index (Phi) is 3.44. The number of hydrogen-bond donors (Lipinski definition) is 0. The Morgan fingerprint density at radius 1 is 1.10 bits per heavy atom. The molecule has 3 rings (SSSR count). The van der Waals surface area contributed by atoms with Gasteiger partial charge in [-0.05, 0) is 42.8 Å². The van der Waals surface area contributed by atoms with Gasteiger partial charge >= 0.3 is 5.97 Å². The van der Waals surface area contributed by atoms with E-state index in [0.717, 1.165) is 11.3 Å². The van der Waals surface area contributed by atoms with E-state index in [4.69, 9.17) is 9.47 Å². The fourth-order valence-electron chi connectivity index (χ4n) is 2.25. The molecule has 0 N–H and O–H groups in total. The van der Waals surface area contributed by atoms with Crippen LogP contribution < -0.4 is 9.47 Å². The standard InChI is InChI=1S/C17H14O4/c1-11(18)12-6-8-14(9-7-12)20-17(19)16-10-13-4-2-3-5-15(13)21-16/h2-9,16H,10H2,1H3/t16-/m0/s1. The summed E-state index contributed by atoms with van der Waals surface area (Å²) in [5.41, 5.74) is 1.59. The molecule has 0 aliphatic carbocycles. The minimum Gasteiger partial charge on any atom is -0.478 e. The van der Waals surface area contributed by atoms with Crippen LogP contribution in [0.1, 0.15) is 22.8 Å². The van der Waals surface area contributed by atoms with Crippen LogP contribution in [0.4, 0.5) is 0 Å². The highest BCUT2D eigenvalue weighted by Gasteiger charge is 2.30. The molecule has 2 aromatic rings. The van der Waals surface area contributed by atoms with E-state index in [2.05, 4.69) is 0 Å². The molecule has 1 atom stereocenters. The summed E-state index contributed by atoms with van der Waals surface area (Å²) in [6.07, 6.45) is -0.101. The van der Waals surface area contributed by atoms with E-state index in [0.29, 0.717) is 17.7 Å². The SMILES string of the molecule is CC(=O)c1ccc(OC(=O)[C@@H]2Cc3ccccc3O2)cc1. The number of fused-ring (bicyclic) bond motifs is 1. The molecular formula is C17H14O4. The maximum absolute atomic E-state index is 12.1. The lowest BCUT2D eigenvalue weighted by Gasteiger charge is -2.10. The molecule has 4 heteroatoms. The molecule has 1 heterocycles. The summed E-state index contributed by atoms with van der Waals surface area (Å²) in [6.45, 7) is 1.49. The Morgan fingerprint density at radius 3 is 2.48 bits per heavy atom. The Morgan fingerprint density at radius 2 is 1.81 bits per heavy atom. The molecule has 1 aliphatic heterocycles. The molecule has 0 saturated heterocycles. The first kappa shape index (κ1) is 13.4. The van der Waals surface area contributed by atoms with Crippen LogP contribution in [-0.2, 0) is 11.2 Å². The van der Waals surface area contributed by atoms with Crippen LogP contribution in [0, 0.1) is 0 Å². The zero-order valence-corrected chi connectivity index (χ0v) is 11.5. The summed E-state index contributed by atoms with van der Waals surface area (Å²) in [6, 6.07) is 14.0. The number of ketones is 1. The van der Waals surface area contributed by atoms with E-state index in [9.17, 15) is 9.59 Å². The molecule has 4 nitrogen and oxygen atoms in total. The van der Waals surface area contributed by atoms with Gasteiger partial charge < -0.3 is 9.47 Å². The summed E-state index contributed by atoms with van der Waals surface area (Å²) >= 11 is 0. The second kappa shape index (κ2) is 5.40. The third kappa shape index (κ3) is 2.79. The highest BCUT2D eigenvalue weighted by Crippen LogP contribution is 2.29. The largest absolute Gasteiger partial charge is 0.478 e. The number of hydrogen-bond acceptors (Lipinski definition) is 4. The number of para-hydroxylation sites is 1. The van der Waals surface area contributed by atoms with Gasteiger partial charge in [0.15, 0.2) is 11.9 Å². The number of carbonyl (C=O) groups is 2. The maximum Gasteiger partial charge on any atom is 0.353 e. The average Bonchev–Trinajstić information content (AvgIpc) is 2.92. The van der Waals surface area contributed by atoms with E-state index < -0.39 is 12.1 Å². The molecule has 1 aliphatic rings. The maximum atomic E-state index is 12.1. The fraction of sp³-hybridized carbons (Fsp3) is 0.176. The molecular weight excluding hydrogens is 268 g/mol. The summed E-state index contributed by atoms with van der Waals surface area (Å²) < 4.78 is 10.9. The van der Waals surface area contributed by atoms with Gasteiger partial charge in [-0.2, -0.15) is 0 Å². The van der Waals surface area contributed by atoms with E-state index in [-0.39, 0.29) is 5.78 Å². The van der Waals surface area contributed by atoms with Gasteiger partial charge in [0.2, 0.25) is 0 Å². The third-order valence-corrected chi connectivity index (χ3v) is 3.39. The number of carbonyl (C=O) groups excluding carboxylic acids is 2. The van der Waals surface area contributed by atoms with Crippen LogP contribution >= 0.6 is 0 Å². The van der Waals surface area contributed by atoms with Crippen molar-refractivity contribution in [2.45, 2.75) is 19.4 Å². The fourth-order valence-corrected chi connectivity index (χ4v) is 2.25. The second-order valence-electron chi connectivity index (χ2n) is 4.92. The Labute approximate surface area is 122 Å². The Bertz CT molecular complexity index is 663. The van der Waals surface area contributed by atoms with Crippen molar-refractivity contribution in [3.63, 3.8) is 0 Å². The topological polar surface area (TPSA) is 52.6 Å². The predicted molar refractivity (Wildman–Crippen MR) is 76.6 cm³/mol. The smallest absolute Gasteiger partial charge is 0.353 e. The first-order chi connectivity index (χ1) is 10.1. The highest BCUT2D eigenvalue weighted by atomic mass is 16.6. The summed E-state index contributed by atoms with van der Waals surface area (Å²) in [7, 11) is 0. The lowest BCUT2D eigenvalue weighted by atomic mass is 10.1. The van der Waals surface area contributed by atoms with Gasteiger partial charge in [0.1, 0.15) is 11.5 Å². The van der Waals surface area contributed by atoms with E-state index in [1.807, 2.05) is 24.3 Å². The van der Waals surface area contributed by atoms with Crippen LogP contribution in [0.5, 0.6) is 11.5 Å². The van der Waals surface area contributed by atoms with Gasteiger partial charge in [-0.15, -0.1) is 0 Å². The average molecular weight is 282 g/mol. The predicted octanol–water partition coefficient (Wildman–Crippen LogP) is 2.80. The molecule has 0 saturated carbocycles. The van der Waals surface area contributed by atoms with Crippen LogP contribution in [-0.4, -0.2) is 17.9 Å². The van der Waals surface area contributed by atoms with Gasteiger partial charge in [0.25, 0.3) is 0 Å². The van der Waals surface area contributed by atoms with Gasteiger partial charge in [-0.3, -0.25) is 4.79 Å². The Hall–Kier alpha value is -2.62. The number of esters is 1. The monoisotopic (exact) mass is 282 g/mol. The molecule has 106 valence electrons. The van der Waals surface area contributed by atoms with Gasteiger partial charge in [0, 0.05) is 12.0 Å². The van der Waals surface area contributed by atoms with Crippen molar-refractivity contribution in [2.75, 3.05) is 0 Å². The molecule has 0 unspecified atom stereocenters. The molecule has 2 aromatic carbocycles. The van der Waals surface area contributed by atoms with E-state index >= 15 is 0 Å². The van der Waals surface area contributed by atoms with Crippen molar-refractivity contribution in [3.05, 3.63) is 59.7 Å². The van der Waals surface area contributed by atoms with E-state index in [1.54, 1.807) is 24.3 Å². The number of ether oxygens (including phenoxy) is 2. The normalized spacial score (nSPS) is 16.0. The third-order valence-electron chi connectivity index (χ3n) is 3.39. The first-order valence-corrected chi connectivity index (χ1v) is 6.71. The van der Waals surface area contributed by atoms with Gasteiger partial charge in [-0.25, -0.2) is 4.79 Å². The van der Waals surface area contributed by atoms with Crippen LogP contribution in [0.3, 0.4) is 0 Å². The highest BCUT2D eigenvalue weighted by molar-refractivity contribution is 5.94. The number of benzene rings is 2. The molecule has 0 bridgehead atoms. The quantitative estimate of drug-likeness (QED) is 0.493. The molecule has 21 heavy (non-hydrogen) atoms. The zero-order valence-electron chi connectivity index (χ0n) is 11.5. The van der Waals surface area contributed by atoms with Gasteiger partial charge in [0.05, 0.1) is 0 Å². The van der Waals surface area contributed by atoms with Crippen molar-refractivity contribution in [1.82, 2.24) is 0 Å². The van der Waals surface area contributed by atoms with Crippen molar-refractivity contribution in [2.24, 2.45) is 0 Å². The van der Waals surface area contributed by atoms with Gasteiger partial charge in [-0.1, -0.05) is 18.2 Å². The summed E-state index contributed by atoms with van der Waals surface area (Å²) in [5, 5.41) is 0. The van der Waals surface area contributed by atoms with Crippen LogP contribution in [0.25, 0.3) is 0 Å². The first-order valence-electron chi connectivity index (χ1n) is 6.71. The van der Waals surface area contributed by atoms with E-state index in [1.165, 1.54) is 6.92 Å². The molecule has 0 aromatic heterocycles. The van der Waals surface area contributed by atoms with Crippen molar-refractivity contribution in [3.8, 4) is 11.5 Å². The molecule has 0 spiro atoms. The molecule has 0 radical (unpaired) electrons. The minimum absolute atomic E-state index is 0.0255. The number of rotatable bonds is 3. The summed E-state index contributed by atoms with van der Waals surface area (Å²) in [5.74, 6) is 0.681.